The molecule has 0 N–H and O–H groups in total. The largest absolute Gasteiger partial charge is 0.496 e. The molecule has 1 atom stereocenters. The van der Waals surface area contributed by atoms with E-state index < -0.39 is 0 Å². The molecule has 1 aliphatic carbocycles. The second-order valence-electron chi connectivity index (χ2n) is 7.44. The minimum atomic E-state index is -0.0873. The van der Waals surface area contributed by atoms with Crippen LogP contribution >= 0.6 is 0 Å². The number of benzene rings is 2. The van der Waals surface area contributed by atoms with Gasteiger partial charge in [0, 0.05) is 22.6 Å². The van der Waals surface area contributed by atoms with Crippen LogP contribution in [0.1, 0.15) is 49.2 Å². The number of methoxy groups -OCH3 is 1. The van der Waals surface area contributed by atoms with Gasteiger partial charge in [-0.2, -0.15) is 0 Å². The highest BCUT2D eigenvalue weighted by Gasteiger charge is 2.34. The van der Waals surface area contributed by atoms with Gasteiger partial charge in [-0.25, -0.2) is 0 Å². The minimum absolute atomic E-state index is 0.0485. The summed E-state index contributed by atoms with van der Waals surface area (Å²) in [6.45, 7) is 8.50. The molecule has 0 unspecified atom stereocenters. The molecule has 0 aromatic heterocycles. The van der Waals surface area contributed by atoms with Crippen LogP contribution in [0.5, 0.6) is 5.75 Å². The van der Waals surface area contributed by atoms with Gasteiger partial charge in [0.2, 0.25) is 0 Å². The third-order valence-electron chi connectivity index (χ3n) is 4.69. The van der Waals surface area contributed by atoms with Gasteiger partial charge in [0.1, 0.15) is 5.75 Å². The predicted molar refractivity (Wildman–Crippen MR) is 94.3 cm³/mol. The normalized spacial score (nSPS) is 17.3. The van der Waals surface area contributed by atoms with Crippen LogP contribution in [-0.2, 0) is 11.8 Å². The van der Waals surface area contributed by atoms with Gasteiger partial charge in [0.15, 0.2) is 5.78 Å². The predicted octanol–water partition coefficient (Wildman–Crippen LogP) is 5.03. The van der Waals surface area contributed by atoms with E-state index in [-0.39, 0.29) is 17.1 Å². The molecule has 2 nitrogen and oxygen atoms in total. The molecule has 0 bridgehead atoms. The molecule has 2 heteroatoms. The van der Waals surface area contributed by atoms with Gasteiger partial charge >= 0.3 is 0 Å². The lowest BCUT2D eigenvalue weighted by Crippen LogP contribution is -2.15. The molecular weight excluding hydrogens is 284 g/mol. The fourth-order valence-corrected chi connectivity index (χ4v) is 3.48. The number of carbonyl (C=O) groups is 1. The summed E-state index contributed by atoms with van der Waals surface area (Å²) in [5, 5.41) is 0. The van der Waals surface area contributed by atoms with Gasteiger partial charge in [-0.15, -0.1) is 0 Å². The number of carbonyl (C=O) groups excluding carboxylic acids is 1. The van der Waals surface area contributed by atoms with Gasteiger partial charge in [-0.1, -0.05) is 58.0 Å². The molecule has 120 valence electrons. The van der Waals surface area contributed by atoms with E-state index in [2.05, 4.69) is 39.0 Å². The molecule has 0 spiro atoms. The summed E-state index contributed by atoms with van der Waals surface area (Å²) in [6.07, 6.45) is 0.791. The van der Waals surface area contributed by atoms with Crippen LogP contribution in [0.2, 0.25) is 0 Å². The zero-order valence-corrected chi connectivity index (χ0v) is 14.6. The number of hydrogen-bond donors (Lipinski definition) is 0. The first-order valence-corrected chi connectivity index (χ1v) is 8.18. The maximum absolute atomic E-state index is 12.6. The average molecular weight is 308 g/mol. The second kappa shape index (κ2) is 5.52. The maximum atomic E-state index is 12.6. The van der Waals surface area contributed by atoms with Gasteiger partial charge in [-0.05, 0) is 29.0 Å². The SMILES string of the molecule is COc1c(C(C)(C)C)cc2c(c1-c1ccccc1)C[C@H](C)C2=O. The van der Waals surface area contributed by atoms with E-state index in [1.165, 1.54) is 0 Å². The van der Waals surface area contributed by atoms with Crippen molar-refractivity contribution in [1.29, 1.82) is 0 Å². The Morgan fingerprint density at radius 3 is 2.35 bits per heavy atom. The Balaban J connectivity index is 2.39. The summed E-state index contributed by atoms with van der Waals surface area (Å²) >= 11 is 0. The van der Waals surface area contributed by atoms with Crippen molar-refractivity contribution in [2.24, 2.45) is 5.92 Å². The Hall–Kier alpha value is -2.09. The van der Waals surface area contributed by atoms with Crippen LogP contribution in [-0.4, -0.2) is 12.9 Å². The Kier molecular flexibility index (Phi) is 3.79. The monoisotopic (exact) mass is 308 g/mol. The molecule has 2 aromatic carbocycles. The molecule has 0 radical (unpaired) electrons. The molecule has 0 saturated heterocycles. The zero-order chi connectivity index (χ0) is 16.8. The highest BCUT2D eigenvalue weighted by molar-refractivity contribution is 6.05. The van der Waals surface area contributed by atoms with E-state index >= 15 is 0 Å². The van der Waals surface area contributed by atoms with E-state index in [0.717, 1.165) is 40.0 Å². The molecule has 1 aliphatic rings. The van der Waals surface area contributed by atoms with Gasteiger partial charge in [0.25, 0.3) is 0 Å². The number of ether oxygens (including phenoxy) is 1. The van der Waals surface area contributed by atoms with E-state index in [4.69, 9.17) is 4.74 Å². The van der Waals surface area contributed by atoms with Crippen LogP contribution in [0, 0.1) is 5.92 Å². The summed E-state index contributed by atoms with van der Waals surface area (Å²) < 4.78 is 5.84. The van der Waals surface area contributed by atoms with Crippen molar-refractivity contribution in [3.05, 3.63) is 53.1 Å². The van der Waals surface area contributed by atoms with Crippen molar-refractivity contribution in [1.82, 2.24) is 0 Å². The fraction of sp³-hybridized carbons (Fsp3) is 0.381. The van der Waals surface area contributed by atoms with Crippen molar-refractivity contribution in [2.45, 2.75) is 39.5 Å². The van der Waals surface area contributed by atoms with Crippen molar-refractivity contribution >= 4 is 5.78 Å². The lowest BCUT2D eigenvalue weighted by molar-refractivity contribution is 0.0946. The summed E-state index contributed by atoms with van der Waals surface area (Å²) in [4.78, 5) is 12.6. The molecule has 0 heterocycles. The second-order valence-corrected chi connectivity index (χ2v) is 7.44. The van der Waals surface area contributed by atoms with Crippen LogP contribution in [0.25, 0.3) is 11.1 Å². The summed E-state index contributed by atoms with van der Waals surface area (Å²) in [6, 6.07) is 12.3. The average Bonchev–Trinajstić information content (AvgIpc) is 2.80. The topological polar surface area (TPSA) is 26.3 Å². The fourth-order valence-electron chi connectivity index (χ4n) is 3.48. The molecule has 0 saturated carbocycles. The van der Waals surface area contributed by atoms with E-state index in [1.54, 1.807) is 7.11 Å². The van der Waals surface area contributed by atoms with Crippen LogP contribution in [0.15, 0.2) is 36.4 Å². The van der Waals surface area contributed by atoms with Crippen molar-refractivity contribution in [3.8, 4) is 16.9 Å². The van der Waals surface area contributed by atoms with E-state index in [0.29, 0.717) is 0 Å². The smallest absolute Gasteiger partial charge is 0.166 e. The number of hydrogen-bond acceptors (Lipinski definition) is 2. The van der Waals surface area contributed by atoms with Crippen molar-refractivity contribution in [3.63, 3.8) is 0 Å². The summed E-state index contributed by atoms with van der Waals surface area (Å²) in [5.74, 6) is 1.21. The first kappa shape index (κ1) is 15.8. The van der Waals surface area contributed by atoms with Crippen LogP contribution < -0.4 is 4.74 Å². The Labute approximate surface area is 138 Å². The molecule has 0 fully saturated rings. The first-order chi connectivity index (χ1) is 10.8. The Morgan fingerprint density at radius 2 is 1.78 bits per heavy atom. The summed E-state index contributed by atoms with van der Waals surface area (Å²) in [7, 11) is 1.73. The third kappa shape index (κ3) is 2.56. The summed E-state index contributed by atoms with van der Waals surface area (Å²) in [5.41, 5.74) is 5.23. The highest BCUT2D eigenvalue weighted by Crippen LogP contribution is 2.46. The zero-order valence-electron chi connectivity index (χ0n) is 14.6. The van der Waals surface area contributed by atoms with Crippen LogP contribution in [0.3, 0.4) is 0 Å². The Bertz CT molecular complexity index is 752. The minimum Gasteiger partial charge on any atom is -0.496 e. The lowest BCUT2D eigenvalue weighted by atomic mass is 9.81. The van der Waals surface area contributed by atoms with E-state index in [9.17, 15) is 4.79 Å². The number of Topliss-reactive ketones (excluding diaryl/α,β-unsaturated/α-hetero) is 1. The van der Waals surface area contributed by atoms with Gasteiger partial charge in [-0.3, -0.25) is 4.79 Å². The maximum Gasteiger partial charge on any atom is 0.166 e. The van der Waals surface area contributed by atoms with E-state index in [1.807, 2.05) is 25.1 Å². The van der Waals surface area contributed by atoms with Crippen molar-refractivity contribution < 1.29 is 9.53 Å². The third-order valence-corrected chi connectivity index (χ3v) is 4.69. The molecule has 23 heavy (non-hydrogen) atoms. The van der Waals surface area contributed by atoms with Gasteiger partial charge in [0.05, 0.1) is 7.11 Å². The molecule has 3 rings (SSSR count). The molecule has 0 aliphatic heterocycles. The first-order valence-electron chi connectivity index (χ1n) is 8.18. The molecular formula is C21H24O2. The number of fused-ring (bicyclic) bond motifs is 1. The highest BCUT2D eigenvalue weighted by atomic mass is 16.5. The quantitative estimate of drug-likeness (QED) is 0.777. The number of rotatable bonds is 2. The lowest BCUT2D eigenvalue weighted by Gasteiger charge is -2.26. The Morgan fingerprint density at radius 1 is 1.13 bits per heavy atom. The molecule has 2 aromatic rings. The number of ketones is 1. The van der Waals surface area contributed by atoms with Crippen LogP contribution in [0.4, 0.5) is 0 Å². The molecule has 0 amide bonds. The standard InChI is InChI=1S/C21H24O2/c1-13-11-15-16(19(13)22)12-17(21(2,3)4)20(23-5)18(15)14-9-7-6-8-10-14/h6-10,12-13H,11H2,1-5H3/t13-/m0/s1. The van der Waals surface area contributed by atoms with Crippen molar-refractivity contribution in [2.75, 3.05) is 7.11 Å². The van der Waals surface area contributed by atoms with Gasteiger partial charge < -0.3 is 4.74 Å².